The van der Waals surface area contributed by atoms with E-state index in [1.165, 1.54) is 38.8 Å². The number of nitrogens with one attached hydrogen (secondary N) is 1. The third-order valence-corrected chi connectivity index (χ3v) is 4.98. The van der Waals surface area contributed by atoms with Crippen LogP contribution in [0.4, 0.5) is 0 Å². The predicted octanol–water partition coefficient (Wildman–Crippen LogP) is 2.31. The maximum Gasteiger partial charge on any atom is 0.220 e. The number of hydrogen-bond donors (Lipinski definition) is 2. The van der Waals surface area contributed by atoms with Gasteiger partial charge in [0.05, 0.1) is 0 Å². The van der Waals surface area contributed by atoms with Crippen molar-refractivity contribution in [2.45, 2.75) is 70.3 Å². The van der Waals surface area contributed by atoms with Crippen LogP contribution in [0, 0.1) is 5.92 Å². The first-order valence-corrected chi connectivity index (χ1v) is 8.90. The molecule has 0 spiro atoms. The van der Waals surface area contributed by atoms with E-state index in [0.717, 1.165) is 38.6 Å². The molecule has 2 rings (SSSR count). The lowest BCUT2D eigenvalue weighted by Crippen LogP contribution is -2.39. The number of hydrogen-bond acceptors (Lipinski definition) is 3. The molecule has 122 valence electrons. The molecule has 1 aliphatic carbocycles. The zero-order valence-corrected chi connectivity index (χ0v) is 13.4. The van der Waals surface area contributed by atoms with Gasteiger partial charge in [0, 0.05) is 19.1 Å². The van der Waals surface area contributed by atoms with Crippen LogP contribution in [0.3, 0.4) is 0 Å². The summed E-state index contributed by atoms with van der Waals surface area (Å²) in [7, 11) is 0. The highest BCUT2D eigenvalue weighted by Crippen LogP contribution is 2.23. The van der Waals surface area contributed by atoms with E-state index < -0.39 is 0 Å². The van der Waals surface area contributed by atoms with Gasteiger partial charge < -0.3 is 15.3 Å². The van der Waals surface area contributed by atoms with Gasteiger partial charge >= 0.3 is 0 Å². The number of rotatable bonds is 6. The molecule has 1 saturated heterocycles. The van der Waals surface area contributed by atoms with E-state index in [4.69, 9.17) is 0 Å². The summed E-state index contributed by atoms with van der Waals surface area (Å²) < 4.78 is 0. The smallest absolute Gasteiger partial charge is 0.220 e. The minimum atomic E-state index is 0.202. The number of aliphatic hydroxyl groups excluding tert-OH is 1. The first kappa shape index (κ1) is 16.8. The monoisotopic (exact) mass is 296 g/mol. The second-order valence-corrected chi connectivity index (χ2v) is 6.84. The number of likely N-dealkylation sites (tertiary alicyclic amines) is 1. The summed E-state index contributed by atoms with van der Waals surface area (Å²) in [6.07, 6.45) is 11.3. The van der Waals surface area contributed by atoms with Gasteiger partial charge in [0.25, 0.3) is 0 Å². The summed E-state index contributed by atoms with van der Waals surface area (Å²) in [5, 5.41) is 12.4. The van der Waals surface area contributed by atoms with Crippen LogP contribution >= 0.6 is 0 Å². The first-order chi connectivity index (χ1) is 10.3. The van der Waals surface area contributed by atoms with Crippen LogP contribution < -0.4 is 5.32 Å². The first-order valence-electron chi connectivity index (χ1n) is 8.90. The fourth-order valence-electron chi connectivity index (χ4n) is 3.71. The molecule has 2 N–H and O–H groups in total. The van der Waals surface area contributed by atoms with Crippen molar-refractivity contribution in [1.29, 1.82) is 0 Å². The lowest BCUT2D eigenvalue weighted by atomic mass is 9.86. The van der Waals surface area contributed by atoms with E-state index in [9.17, 15) is 9.90 Å². The Kier molecular flexibility index (Phi) is 7.51. The van der Waals surface area contributed by atoms with E-state index in [2.05, 4.69) is 10.2 Å². The zero-order valence-electron chi connectivity index (χ0n) is 13.4. The fraction of sp³-hybridized carbons (Fsp3) is 0.941. The Morgan fingerprint density at radius 2 is 1.86 bits per heavy atom. The molecule has 4 nitrogen and oxygen atoms in total. The Bertz CT molecular complexity index is 301. The minimum absolute atomic E-state index is 0.202. The third kappa shape index (κ3) is 6.35. The number of nitrogens with zero attached hydrogens (tertiary/aromatic N) is 1. The SMILES string of the molecule is O=C(CCCN1CCCCCC1)N[C@H]1CCC[C@@H](CO)C1. The second kappa shape index (κ2) is 9.42. The lowest BCUT2D eigenvalue weighted by molar-refractivity contribution is -0.122. The van der Waals surface area contributed by atoms with Gasteiger partial charge in [0.2, 0.25) is 5.91 Å². The van der Waals surface area contributed by atoms with Gasteiger partial charge in [-0.1, -0.05) is 19.3 Å². The van der Waals surface area contributed by atoms with E-state index in [-0.39, 0.29) is 12.5 Å². The predicted molar refractivity (Wildman–Crippen MR) is 85.1 cm³/mol. The molecule has 1 saturated carbocycles. The summed E-state index contributed by atoms with van der Waals surface area (Å²) in [6, 6.07) is 0.293. The summed E-state index contributed by atoms with van der Waals surface area (Å²) >= 11 is 0. The van der Waals surface area contributed by atoms with Crippen molar-refractivity contribution < 1.29 is 9.90 Å². The van der Waals surface area contributed by atoms with E-state index in [0.29, 0.717) is 18.4 Å². The average molecular weight is 296 g/mol. The quantitative estimate of drug-likeness (QED) is 0.791. The van der Waals surface area contributed by atoms with Crippen molar-refractivity contribution in [1.82, 2.24) is 10.2 Å². The topological polar surface area (TPSA) is 52.6 Å². The Morgan fingerprint density at radius 1 is 1.10 bits per heavy atom. The number of aliphatic hydroxyl groups is 1. The molecule has 0 aromatic rings. The van der Waals surface area contributed by atoms with E-state index >= 15 is 0 Å². The highest BCUT2D eigenvalue weighted by atomic mass is 16.3. The molecule has 4 heteroatoms. The Balaban J connectivity index is 1.58. The van der Waals surface area contributed by atoms with Crippen molar-refractivity contribution in [2.24, 2.45) is 5.92 Å². The van der Waals surface area contributed by atoms with Gasteiger partial charge in [0.1, 0.15) is 0 Å². The fourth-order valence-corrected chi connectivity index (χ4v) is 3.71. The van der Waals surface area contributed by atoms with Gasteiger partial charge in [-0.05, 0) is 64.1 Å². The van der Waals surface area contributed by atoms with Crippen LogP contribution in [0.1, 0.15) is 64.2 Å². The standard InChI is InChI=1S/C17H32N2O2/c20-14-15-7-5-8-16(13-15)18-17(21)9-6-12-19-10-3-1-2-4-11-19/h15-16,20H,1-14H2,(H,18,21)/t15-,16+/m1/s1. The summed E-state index contributed by atoms with van der Waals surface area (Å²) in [5.74, 6) is 0.592. The Labute approximate surface area is 129 Å². The normalized spacial score (nSPS) is 28.0. The molecule has 0 aromatic carbocycles. The largest absolute Gasteiger partial charge is 0.396 e. The molecule has 21 heavy (non-hydrogen) atoms. The molecule has 0 radical (unpaired) electrons. The molecular weight excluding hydrogens is 264 g/mol. The zero-order chi connectivity index (χ0) is 14.9. The van der Waals surface area contributed by atoms with Crippen molar-refractivity contribution in [3.63, 3.8) is 0 Å². The molecular formula is C17H32N2O2. The molecule has 2 fully saturated rings. The summed E-state index contributed by atoms with van der Waals surface area (Å²) in [4.78, 5) is 14.5. The van der Waals surface area contributed by atoms with Gasteiger partial charge in [-0.3, -0.25) is 4.79 Å². The van der Waals surface area contributed by atoms with Crippen LogP contribution in [-0.2, 0) is 4.79 Å². The Morgan fingerprint density at radius 3 is 2.57 bits per heavy atom. The number of carbonyl (C=O) groups is 1. The minimum Gasteiger partial charge on any atom is -0.396 e. The molecule has 1 heterocycles. The van der Waals surface area contributed by atoms with Crippen molar-refractivity contribution in [2.75, 3.05) is 26.2 Å². The molecule has 1 aliphatic heterocycles. The van der Waals surface area contributed by atoms with Gasteiger partial charge in [0.15, 0.2) is 0 Å². The molecule has 1 amide bonds. The maximum atomic E-state index is 12.0. The van der Waals surface area contributed by atoms with Gasteiger partial charge in [-0.25, -0.2) is 0 Å². The molecule has 0 bridgehead atoms. The van der Waals surface area contributed by atoms with E-state index in [1.807, 2.05) is 0 Å². The molecule has 0 unspecified atom stereocenters. The third-order valence-electron chi connectivity index (χ3n) is 4.98. The second-order valence-electron chi connectivity index (χ2n) is 6.84. The van der Waals surface area contributed by atoms with Crippen molar-refractivity contribution in [3.8, 4) is 0 Å². The highest BCUT2D eigenvalue weighted by Gasteiger charge is 2.22. The maximum absolute atomic E-state index is 12.0. The lowest BCUT2D eigenvalue weighted by Gasteiger charge is -2.28. The number of carbonyl (C=O) groups excluding carboxylic acids is 1. The van der Waals surface area contributed by atoms with Crippen LogP contribution in [0.25, 0.3) is 0 Å². The van der Waals surface area contributed by atoms with Crippen LogP contribution in [-0.4, -0.2) is 48.2 Å². The molecule has 2 aliphatic rings. The average Bonchev–Trinajstić information content (AvgIpc) is 2.76. The van der Waals surface area contributed by atoms with Crippen LogP contribution in [0.2, 0.25) is 0 Å². The number of amides is 1. The molecule has 2 atom stereocenters. The van der Waals surface area contributed by atoms with Gasteiger partial charge in [-0.2, -0.15) is 0 Å². The van der Waals surface area contributed by atoms with Crippen molar-refractivity contribution in [3.05, 3.63) is 0 Å². The Hall–Kier alpha value is -0.610. The highest BCUT2D eigenvalue weighted by molar-refractivity contribution is 5.76. The molecule has 0 aromatic heterocycles. The van der Waals surface area contributed by atoms with Gasteiger partial charge in [-0.15, -0.1) is 0 Å². The summed E-state index contributed by atoms with van der Waals surface area (Å²) in [6.45, 7) is 3.75. The van der Waals surface area contributed by atoms with Crippen LogP contribution in [0.15, 0.2) is 0 Å². The summed E-state index contributed by atoms with van der Waals surface area (Å²) in [5.41, 5.74) is 0. The van der Waals surface area contributed by atoms with Crippen molar-refractivity contribution >= 4 is 5.91 Å². The van der Waals surface area contributed by atoms with E-state index in [1.54, 1.807) is 0 Å². The van der Waals surface area contributed by atoms with Crippen LogP contribution in [0.5, 0.6) is 0 Å².